The maximum Gasteiger partial charge on any atom is 0.225 e. The predicted octanol–water partition coefficient (Wildman–Crippen LogP) is 2.35. The highest BCUT2D eigenvalue weighted by Crippen LogP contribution is 2.24. The van der Waals surface area contributed by atoms with Gasteiger partial charge in [0.2, 0.25) is 5.91 Å². The van der Waals surface area contributed by atoms with Crippen molar-refractivity contribution in [3.05, 3.63) is 42.0 Å². The molecule has 0 aliphatic carbocycles. The van der Waals surface area contributed by atoms with Crippen LogP contribution in [0.4, 0.5) is 5.69 Å². The number of hydrogen-bond acceptors (Lipinski definition) is 4. The molecule has 0 fully saturated rings. The molecule has 3 N–H and O–H groups in total. The number of carbonyl (C=O) groups is 1. The summed E-state index contributed by atoms with van der Waals surface area (Å²) in [6, 6.07) is 7.77. The van der Waals surface area contributed by atoms with Gasteiger partial charge in [-0.1, -0.05) is 6.07 Å². The minimum atomic E-state index is -0.0783. The van der Waals surface area contributed by atoms with Gasteiger partial charge in [-0.05, 0) is 23.6 Å². The fourth-order valence-electron chi connectivity index (χ4n) is 1.96. The molecule has 0 saturated carbocycles. The van der Waals surface area contributed by atoms with Crippen molar-refractivity contribution in [2.24, 2.45) is 5.73 Å². The molecule has 20 heavy (non-hydrogen) atoms. The minimum Gasteiger partial charge on any atom is -0.330 e. The summed E-state index contributed by atoms with van der Waals surface area (Å²) in [5.74, 6) is -0.0783. The van der Waals surface area contributed by atoms with Crippen LogP contribution in [0.2, 0.25) is 0 Å². The van der Waals surface area contributed by atoms with E-state index in [9.17, 15) is 4.79 Å². The van der Waals surface area contributed by atoms with E-state index in [0.29, 0.717) is 13.0 Å². The summed E-state index contributed by atoms with van der Waals surface area (Å²) < 4.78 is 1.91. The van der Waals surface area contributed by atoms with Crippen molar-refractivity contribution < 1.29 is 4.79 Å². The molecule has 3 aromatic rings. The standard InChI is InChI=1S/C14H14N4OS/c15-6-5-14(19)16-10-3-4-13-17-11(9-18(13)8-10)12-2-1-7-20-12/h1-4,7-9H,5-6,15H2,(H,16,19). The predicted molar refractivity (Wildman–Crippen MR) is 80.8 cm³/mol. The summed E-state index contributed by atoms with van der Waals surface area (Å²) in [5, 5.41) is 4.84. The number of nitrogens with zero attached hydrogens (tertiary/aromatic N) is 2. The zero-order chi connectivity index (χ0) is 13.9. The first-order valence-corrected chi connectivity index (χ1v) is 7.17. The Morgan fingerprint density at radius 3 is 3.00 bits per heavy atom. The van der Waals surface area contributed by atoms with Crippen molar-refractivity contribution in [3.8, 4) is 10.6 Å². The second-order valence-electron chi connectivity index (χ2n) is 4.37. The highest BCUT2D eigenvalue weighted by molar-refractivity contribution is 7.13. The lowest BCUT2D eigenvalue weighted by Gasteiger charge is -2.04. The second kappa shape index (κ2) is 5.44. The number of nitrogens with two attached hydrogens (primary N) is 1. The molecule has 0 atom stereocenters. The van der Waals surface area contributed by atoms with Gasteiger partial charge in [0, 0.05) is 25.4 Å². The van der Waals surface area contributed by atoms with Crippen molar-refractivity contribution in [1.29, 1.82) is 0 Å². The second-order valence-corrected chi connectivity index (χ2v) is 5.32. The van der Waals surface area contributed by atoms with E-state index in [1.54, 1.807) is 11.3 Å². The van der Waals surface area contributed by atoms with E-state index in [1.807, 2.05) is 46.4 Å². The first-order chi connectivity index (χ1) is 9.76. The Balaban J connectivity index is 1.89. The lowest BCUT2D eigenvalue weighted by Crippen LogP contribution is -2.16. The van der Waals surface area contributed by atoms with E-state index < -0.39 is 0 Å². The Morgan fingerprint density at radius 1 is 1.35 bits per heavy atom. The SMILES string of the molecule is NCCC(=O)Nc1ccc2nc(-c3cccs3)cn2c1. The molecule has 1 amide bonds. The van der Waals surface area contributed by atoms with E-state index in [1.165, 1.54) is 0 Å². The molecule has 3 aromatic heterocycles. The summed E-state index contributed by atoms with van der Waals surface area (Å²) in [4.78, 5) is 17.2. The van der Waals surface area contributed by atoms with Gasteiger partial charge < -0.3 is 15.5 Å². The molecule has 0 radical (unpaired) electrons. The maximum atomic E-state index is 11.5. The van der Waals surface area contributed by atoms with Gasteiger partial charge in [0.15, 0.2) is 0 Å². The van der Waals surface area contributed by atoms with Gasteiger partial charge in [0.05, 0.1) is 16.3 Å². The molecule has 3 heterocycles. The Bertz CT molecular complexity index is 733. The first-order valence-electron chi connectivity index (χ1n) is 6.29. The number of imidazole rings is 1. The van der Waals surface area contributed by atoms with Crippen molar-refractivity contribution in [1.82, 2.24) is 9.38 Å². The Hall–Kier alpha value is -2.18. The van der Waals surface area contributed by atoms with Gasteiger partial charge in [-0.15, -0.1) is 11.3 Å². The van der Waals surface area contributed by atoms with Crippen LogP contribution in [0.15, 0.2) is 42.0 Å². The number of thiophene rings is 1. The number of carbonyl (C=O) groups excluding carboxylic acids is 1. The number of amides is 1. The molecular formula is C14H14N4OS. The quantitative estimate of drug-likeness (QED) is 0.773. The van der Waals surface area contributed by atoms with Gasteiger partial charge in [0.25, 0.3) is 0 Å². The molecular weight excluding hydrogens is 272 g/mol. The van der Waals surface area contributed by atoms with Crippen LogP contribution in [0.25, 0.3) is 16.2 Å². The van der Waals surface area contributed by atoms with Gasteiger partial charge in [-0.3, -0.25) is 4.79 Å². The average molecular weight is 286 g/mol. The normalized spacial score (nSPS) is 10.8. The Labute approximate surface area is 120 Å². The summed E-state index contributed by atoms with van der Waals surface area (Å²) in [7, 11) is 0. The fraction of sp³-hybridized carbons (Fsp3) is 0.143. The van der Waals surface area contributed by atoms with Crippen LogP contribution in [0, 0.1) is 0 Å². The van der Waals surface area contributed by atoms with Crippen molar-refractivity contribution in [2.75, 3.05) is 11.9 Å². The van der Waals surface area contributed by atoms with Crippen LogP contribution >= 0.6 is 11.3 Å². The minimum absolute atomic E-state index is 0.0783. The average Bonchev–Trinajstić information content (AvgIpc) is 3.07. The largest absolute Gasteiger partial charge is 0.330 e. The number of rotatable bonds is 4. The molecule has 0 unspecified atom stereocenters. The van der Waals surface area contributed by atoms with E-state index >= 15 is 0 Å². The number of fused-ring (bicyclic) bond motifs is 1. The van der Waals surface area contributed by atoms with E-state index in [4.69, 9.17) is 5.73 Å². The van der Waals surface area contributed by atoms with Gasteiger partial charge in [-0.2, -0.15) is 0 Å². The topological polar surface area (TPSA) is 72.4 Å². The number of nitrogens with one attached hydrogen (secondary N) is 1. The summed E-state index contributed by atoms with van der Waals surface area (Å²) in [6.07, 6.45) is 4.13. The molecule has 0 aliphatic heterocycles. The number of anilines is 1. The van der Waals surface area contributed by atoms with Crippen LogP contribution in [-0.4, -0.2) is 21.8 Å². The van der Waals surface area contributed by atoms with Crippen LogP contribution < -0.4 is 11.1 Å². The number of aromatic nitrogens is 2. The Morgan fingerprint density at radius 2 is 2.25 bits per heavy atom. The first kappa shape index (κ1) is 12.8. The smallest absolute Gasteiger partial charge is 0.225 e. The van der Waals surface area contributed by atoms with Crippen LogP contribution in [0.1, 0.15) is 6.42 Å². The molecule has 3 rings (SSSR count). The summed E-state index contributed by atoms with van der Waals surface area (Å²) in [6.45, 7) is 0.349. The third-order valence-electron chi connectivity index (χ3n) is 2.88. The zero-order valence-electron chi connectivity index (χ0n) is 10.7. The third kappa shape index (κ3) is 2.56. The molecule has 0 saturated heterocycles. The van der Waals surface area contributed by atoms with Gasteiger partial charge >= 0.3 is 0 Å². The monoisotopic (exact) mass is 286 g/mol. The van der Waals surface area contributed by atoms with Gasteiger partial charge in [0.1, 0.15) is 5.65 Å². The molecule has 6 heteroatoms. The van der Waals surface area contributed by atoms with E-state index in [-0.39, 0.29) is 5.91 Å². The molecule has 0 spiro atoms. The van der Waals surface area contributed by atoms with Crippen LogP contribution in [0.5, 0.6) is 0 Å². The summed E-state index contributed by atoms with van der Waals surface area (Å²) >= 11 is 1.65. The number of pyridine rings is 1. The van der Waals surface area contributed by atoms with Crippen molar-refractivity contribution in [3.63, 3.8) is 0 Å². The highest BCUT2D eigenvalue weighted by atomic mass is 32.1. The zero-order valence-corrected chi connectivity index (χ0v) is 11.6. The lowest BCUT2D eigenvalue weighted by molar-refractivity contribution is -0.116. The highest BCUT2D eigenvalue weighted by Gasteiger charge is 2.06. The summed E-state index contributed by atoms with van der Waals surface area (Å²) in [5.41, 5.74) is 7.89. The van der Waals surface area contributed by atoms with Crippen LogP contribution in [0.3, 0.4) is 0 Å². The fourth-order valence-corrected chi connectivity index (χ4v) is 2.64. The Kier molecular flexibility index (Phi) is 3.49. The molecule has 0 aromatic carbocycles. The number of hydrogen-bond donors (Lipinski definition) is 2. The molecule has 5 nitrogen and oxygen atoms in total. The maximum absolute atomic E-state index is 11.5. The van der Waals surface area contributed by atoms with E-state index in [0.717, 1.165) is 21.9 Å². The van der Waals surface area contributed by atoms with Crippen LogP contribution in [-0.2, 0) is 4.79 Å². The lowest BCUT2D eigenvalue weighted by atomic mass is 10.3. The van der Waals surface area contributed by atoms with Gasteiger partial charge in [-0.25, -0.2) is 4.98 Å². The molecule has 0 aliphatic rings. The van der Waals surface area contributed by atoms with Crippen molar-refractivity contribution in [2.45, 2.75) is 6.42 Å². The molecule has 102 valence electrons. The molecule has 0 bridgehead atoms. The van der Waals surface area contributed by atoms with Crippen molar-refractivity contribution >= 4 is 28.6 Å². The third-order valence-corrected chi connectivity index (χ3v) is 3.77. The van der Waals surface area contributed by atoms with E-state index in [2.05, 4.69) is 10.3 Å².